The van der Waals surface area contributed by atoms with Gasteiger partial charge in [-0.2, -0.15) is 0 Å². The molecule has 1 saturated heterocycles. The van der Waals surface area contributed by atoms with Gasteiger partial charge in [-0.05, 0) is 57.1 Å². The van der Waals surface area contributed by atoms with Crippen molar-refractivity contribution >= 4 is 28.9 Å². The largest absolute Gasteiger partial charge is 0.497 e. The summed E-state index contributed by atoms with van der Waals surface area (Å²) in [5.74, 6) is 0.0261. The minimum Gasteiger partial charge on any atom is -0.497 e. The molecule has 1 aromatic heterocycles. The maximum absolute atomic E-state index is 13.5. The first-order chi connectivity index (χ1) is 18.8. The number of alkyl carbamates (subject to hydrolysis) is 1. The summed E-state index contributed by atoms with van der Waals surface area (Å²) in [5, 5.41) is 2.63. The van der Waals surface area contributed by atoms with E-state index in [1.165, 1.54) is 4.90 Å². The molecular weight excluding hydrogens is 502 g/mol. The van der Waals surface area contributed by atoms with Gasteiger partial charge in [-0.3, -0.25) is 9.59 Å². The van der Waals surface area contributed by atoms with Crippen molar-refractivity contribution < 1.29 is 28.6 Å². The number of primary amides is 1. The molecule has 0 unspecified atom stereocenters. The Morgan fingerprint density at radius 3 is 2.72 bits per heavy atom. The lowest BCUT2D eigenvalue weighted by atomic mass is 9.94. The maximum Gasteiger partial charge on any atom is 0.408 e. The van der Waals surface area contributed by atoms with E-state index < -0.39 is 36.1 Å². The van der Waals surface area contributed by atoms with E-state index in [4.69, 9.17) is 29.9 Å². The van der Waals surface area contributed by atoms with Crippen molar-refractivity contribution in [3.05, 3.63) is 23.9 Å². The molecule has 3 heterocycles. The molecule has 6 atom stereocenters. The number of hydrogen-bond donors (Lipinski definition) is 2. The second-order valence-electron chi connectivity index (χ2n) is 10.8. The van der Waals surface area contributed by atoms with Crippen molar-refractivity contribution in [2.75, 3.05) is 13.7 Å². The van der Waals surface area contributed by atoms with Crippen molar-refractivity contribution in [1.29, 1.82) is 0 Å². The molecule has 3 N–H and O–H groups in total. The Balaban J connectivity index is 1.49. The predicted molar refractivity (Wildman–Crippen MR) is 142 cm³/mol. The van der Waals surface area contributed by atoms with Crippen LogP contribution in [0.2, 0.25) is 0 Å². The van der Waals surface area contributed by atoms with Crippen LogP contribution in [0.5, 0.6) is 11.6 Å². The monoisotopic (exact) mass is 539 g/mol. The van der Waals surface area contributed by atoms with Gasteiger partial charge in [-0.1, -0.05) is 19.8 Å². The smallest absolute Gasteiger partial charge is 0.408 e. The number of aromatic nitrogens is 2. The highest BCUT2D eigenvalue weighted by Gasteiger charge is 2.49. The van der Waals surface area contributed by atoms with Gasteiger partial charge in [0, 0.05) is 12.0 Å². The molecule has 210 valence electrons. The number of nitrogens with two attached hydrogens (primary N) is 1. The summed E-state index contributed by atoms with van der Waals surface area (Å²) in [6.45, 7) is 3.65. The van der Waals surface area contributed by atoms with E-state index in [1.54, 1.807) is 14.0 Å². The van der Waals surface area contributed by atoms with Crippen molar-refractivity contribution in [2.24, 2.45) is 17.6 Å². The molecule has 2 aromatic rings. The summed E-state index contributed by atoms with van der Waals surface area (Å²) in [6, 6.07) is 3.77. The number of carbonyl (C=O) groups is 3. The number of aryl methyl sites for hydroxylation is 1. The van der Waals surface area contributed by atoms with Crippen LogP contribution < -0.4 is 20.5 Å². The summed E-state index contributed by atoms with van der Waals surface area (Å²) in [7, 11) is 1.60. The normalized spacial score (nSPS) is 29.7. The van der Waals surface area contributed by atoms with Crippen LogP contribution in [0.25, 0.3) is 11.0 Å². The van der Waals surface area contributed by atoms with Crippen LogP contribution in [-0.4, -0.2) is 70.7 Å². The number of rotatable bonds is 3. The quantitative estimate of drug-likeness (QED) is 0.605. The second kappa shape index (κ2) is 11.2. The molecule has 1 aromatic carbocycles. The van der Waals surface area contributed by atoms with Gasteiger partial charge in [0.2, 0.25) is 17.7 Å². The molecule has 2 bridgehead atoms. The molecule has 2 aliphatic heterocycles. The summed E-state index contributed by atoms with van der Waals surface area (Å²) in [6.07, 6.45) is 4.71. The number of hydrogen-bond acceptors (Lipinski definition) is 8. The number of amides is 3. The fourth-order valence-electron chi connectivity index (χ4n) is 5.86. The van der Waals surface area contributed by atoms with Crippen LogP contribution in [0.3, 0.4) is 0 Å². The van der Waals surface area contributed by atoms with E-state index in [2.05, 4.69) is 5.32 Å². The third-order valence-corrected chi connectivity index (χ3v) is 8.12. The van der Waals surface area contributed by atoms with Gasteiger partial charge < -0.3 is 30.2 Å². The summed E-state index contributed by atoms with van der Waals surface area (Å²) in [4.78, 5) is 49.6. The van der Waals surface area contributed by atoms with Gasteiger partial charge in [0.1, 0.15) is 35.7 Å². The minimum atomic E-state index is -0.893. The van der Waals surface area contributed by atoms with Gasteiger partial charge in [-0.25, -0.2) is 14.8 Å². The van der Waals surface area contributed by atoms with Crippen molar-refractivity contribution in [3.8, 4) is 11.6 Å². The Labute approximate surface area is 227 Å². The Kier molecular flexibility index (Phi) is 7.76. The first-order valence-corrected chi connectivity index (χ1v) is 13.9. The van der Waals surface area contributed by atoms with Crippen LogP contribution in [-0.2, 0) is 20.7 Å². The standard InChI is InChI=1S/C28H37N5O6/c1-4-18-23-14-33(24(18)25(29)34)27(35)15(2)30-28(36)39-22-12-16(22)8-6-5-7-9-20-26(38-23)32-21-13-17(37-3)10-11-19(21)31-20/h10-11,13,15-16,18,22-24H,4-9,12,14H2,1-3H3,(H2,29,34)(H,30,36)/t15-,16+,18+,22+,23-,24-/m0/s1. The van der Waals surface area contributed by atoms with Gasteiger partial charge >= 0.3 is 6.09 Å². The average Bonchev–Trinajstić information content (AvgIpc) is 3.53. The van der Waals surface area contributed by atoms with Crippen molar-refractivity contribution in [1.82, 2.24) is 20.2 Å². The molecule has 1 saturated carbocycles. The van der Waals surface area contributed by atoms with E-state index in [1.807, 2.05) is 25.1 Å². The van der Waals surface area contributed by atoms with Gasteiger partial charge in [0.25, 0.3) is 0 Å². The lowest BCUT2D eigenvalue weighted by Gasteiger charge is -2.27. The molecule has 11 heteroatoms. The topological polar surface area (TPSA) is 146 Å². The number of fused-ring (bicyclic) bond motifs is 5. The number of nitrogens with zero attached hydrogens (tertiary/aromatic N) is 3. The second-order valence-corrected chi connectivity index (χ2v) is 10.8. The molecule has 39 heavy (non-hydrogen) atoms. The Morgan fingerprint density at radius 2 is 1.97 bits per heavy atom. The van der Waals surface area contributed by atoms with Gasteiger partial charge in [0.15, 0.2) is 0 Å². The number of ether oxygens (including phenoxy) is 3. The SMILES string of the molecule is CC[C@@H]1[C@@H]2CN(C(=O)[C@H](C)NC(=O)O[C@@H]3C[C@H]3CCCCCc3nc4ccc(OC)cc4nc3O2)[C@@H]1C(N)=O. The third-order valence-electron chi connectivity index (χ3n) is 8.12. The maximum atomic E-state index is 13.5. The zero-order valence-corrected chi connectivity index (χ0v) is 22.7. The van der Waals surface area contributed by atoms with Crippen LogP contribution in [0.4, 0.5) is 4.79 Å². The molecule has 0 radical (unpaired) electrons. The fraction of sp³-hybridized carbons (Fsp3) is 0.607. The molecule has 5 rings (SSSR count). The lowest BCUT2D eigenvalue weighted by Crippen LogP contribution is -2.53. The van der Waals surface area contributed by atoms with E-state index in [0.29, 0.717) is 35.9 Å². The zero-order valence-electron chi connectivity index (χ0n) is 22.7. The highest BCUT2D eigenvalue weighted by molar-refractivity contribution is 5.91. The Bertz CT molecular complexity index is 1250. The first kappa shape index (κ1) is 27.0. The van der Waals surface area contributed by atoms with E-state index in [-0.39, 0.29) is 18.6 Å². The highest BCUT2D eigenvalue weighted by Crippen LogP contribution is 2.39. The van der Waals surface area contributed by atoms with E-state index >= 15 is 0 Å². The van der Waals surface area contributed by atoms with Gasteiger partial charge in [-0.15, -0.1) is 0 Å². The molecule has 0 spiro atoms. The number of benzene rings is 1. The summed E-state index contributed by atoms with van der Waals surface area (Å²) in [5.41, 5.74) is 7.93. The molecule has 11 nitrogen and oxygen atoms in total. The van der Waals surface area contributed by atoms with Crippen LogP contribution in [0, 0.1) is 11.8 Å². The Hall–Kier alpha value is -3.63. The summed E-state index contributed by atoms with van der Waals surface area (Å²) >= 11 is 0. The summed E-state index contributed by atoms with van der Waals surface area (Å²) < 4.78 is 17.4. The minimum absolute atomic E-state index is 0.117. The molecule has 3 aliphatic rings. The predicted octanol–water partition coefficient (Wildman–Crippen LogP) is 2.73. The number of methoxy groups -OCH3 is 1. The van der Waals surface area contributed by atoms with E-state index in [0.717, 1.165) is 43.3 Å². The first-order valence-electron chi connectivity index (χ1n) is 13.9. The van der Waals surface area contributed by atoms with Crippen molar-refractivity contribution in [3.63, 3.8) is 0 Å². The molecule has 1 aliphatic carbocycles. The van der Waals surface area contributed by atoms with Crippen LogP contribution in [0.1, 0.15) is 58.1 Å². The molecule has 2 fully saturated rings. The molecule has 3 amide bonds. The Morgan fingerprint density at radius 1 is 1.15 bits per heavy atom. The van der Waals surface area contributed by atoms with E-state index in [9.17, 15) is 14.4 Å². The fourth-order valence-corrected chi connectivity index (χ4v) is 5.86. The lowest BCUT2D eigenvalue weighted by molar-refractivity contribution is -0.139. The highest BCUT2D eigenvalue weighted by atomic mass is 16.6. The average molecular weight is 540 g/mol. The molecular formula is C28H37N5O6. The number of nitrogens with one attached hydrogen (secondary N) is 1. The van der Waals surface area contributed by atoms with Gasteiger partial charge in [0.05, 0.1) is 24.7 Å². The third kappa shape index (κ3) is 5.72. The zero-order chi connectivity index (χ0) is 27.7. The van der Waals surface area contributed by atoms with Crippen LogP contribution in [0.15, 0.2) is 18.2 Å². The number of carbonyl (C=O) groups excluding carboxylic acids is 3. The van der Waals surface area contributed by atoms with Crippen molar-refractivity contribution in [2.45, 2.75) is 83.1 Å². The van der Waals surface area contributed by atoms with Crippen LogP contribution >= 0.6 is 0 Å².